The van der Waals surface area contributed by atoms with Gasteiger partial charge in [0.25, 0.3) is 5.91 Å². The first-order valence-corrected chi connectivity index (χ1v) is 10.1. The lowest BCUT2D eigenvalue weighted by Crippen LogP contribution is -2.44. The Hall–Kier alpha value is -2.54. The molecule has 2 aromatic heterocycles. The third-order valence-electron chi connectivity index (χ3n) is 5.84. The zero-order chi connectivity index (χ0) is 19.3. The molecule has 4 rings (SSSR count). The molecule has 0 saturated carbocycles. The molecule has 1 atom stereocenters. The number of hydrogen-bond donors (Lipinski definition) is 1. The molecule has 2 saturated heterocycles. The third kappa shape index (κ3) is 4.14. The number of piperidine rings is 1. The number of rotatable bonds is 6. The van der Waals surface area contributed by atoms with Crippen LogP contribution < -0.4 is 5.32 Å². The maximum atomic E-state index is 12.7. The van der Waals surface area contributed by atoms with Gasteiger partial charge in [0, 0.05) is 25.6 Å². The summed E-state index contributed by atoms with van der Waals surface area (Å²) in [6.45, 7) is 3.82. The molecule has 0 radical (unpaired) electrons. The molecule has 0 spiro atoms. The zero-order valence-corrected chi connectivity index (χ0v) is 16.0. The number of nitrogens with zero attached hydrogens (tertiary/aromatic N) is 2. The van der Waals surface area contributed by atoms with Gasteiger partial charge in [0.2, 0.25) is 5.91 Å². The summed E-state index contributed by atoms with van der Waals surface area (Å²) in [6, 6.07) is 5.64. The molecular formula is C21H27N3O4. The van der Waals surface area contributed by atoms with Crippen molar-refractivity contribution < 1.29 is 18.4 Å². The summed E-state index contributed by atoms with van der Waals surface area (Å²) < 4.78 is 10.6. The Bertz CT molecular complexity index is 758. The molecule has 2 aliphatic heterocycles. The third-order valence-corrected chi connectivity index (χ3v) is 5.84. The first-order chi connectivity index (χ1) is 13.7. The van der Waals surface area contributed by atoms with Gasteiger partial charge in [-0.15, -0.1) is 0 Å². The van der Waals surface area contributed by atoms with Crippen molar-refractivity contribution in [3.8, 4) is 0 Å². The highest BCUT2D eigenvalue weighted by molar-refractivity contribution is 5.94. The van der Waals surface area contributed by atoms with Crippen LogP contribution in [-0.4, -0.2) is 54.3 Å². The molecule has 28 heavy (non-hydrogen) atoms. The van der Waals surface area contributed by atoms with E-state index in [9.17, 15) is 9.59 Å². The average Bonchev–Trinajstić information content (AvgIpc) is 3.51. The summed E-state index contributed by atoms with van der Waals surface area (Å²) in [4.78, 5) is 29.3. The van der Waals surface area contributed by atoms with Gasteiger partial charge in [-0.3, -0.25) is 14.5 Å². The Morgan fingerprint density at radius 3 is 2.54 bits per heavy atom. The van der Waals surface area contributed by atoms with Gasteiger partial charge in [-0.2, -0.15) is 0 Å². The lowest BCUT2D eigenvalue weighted by molar-refractivity contribution is -0.126. The van der Waals surface area contributed by atoms with Crippen LogP contribution in [0.5, 0.6) is 0 Å². The number of likely N-dealkylation sites (tertiary alicyclic amines) is 2. The Balaban J connectivity index is 1.28. The fraction of sp³-hybridized carbons (Fsp3) is 0.524. The molecule has 0 aliphatic carbocycles. The van der Waals surface area contributed by atoms with Crippen molar-refractivity contribution in [3.63, 3.8) is 0 Å². The Labute approximate surface area is 164 Å². The zero-order valence-electron chi connectivity index (χ0n) is 16.0. The minimum absolute atomic E-state index is 0.0282. The van der Waals surface area contributed by atoms with Gasteiger partial charge in [-0.1, -0.05) is 0 Å². The van der Waals surface area contributed by atoms with Crippen molar-refractivity contribution in [1.29, 1.82) is 0 Å². The molecule has 150 valence electrons. The lowest BCUT2D eigenvalue weighted by Gasteiger charge is -2.32. The summed E-state index contributed by atoms with van der Waals surface area (Å²) in [5.74, 6) is 0.901. The Morgan fingerprint density at radius 2 is 1.89 bits per heavy atom. The minimum Gasteiger partial charge on any atom is -0.472 e. The second-order valence-corrected chi connectivity index (χ2v) is 7.60. The molecule has 2 aliphatic rings. The second kappa shape index (κ2) is 8.65. The highest BCUT2D eigenvalue weighted by Gasteiger charge is 2.30. The number of furan rings is 2. The molecule has 7 heteroatoms. The Kier molecular flexibility index (Phi) is 5.81. The monoisotopic (exact) mass is 385 g/mol. The van der Waals surface area contributed by atoms with E-state index in [1.807, 2.05) is 12.1 Å². The van der Waals surface area contributed by atoms with Crippen LogP contribution in [0.4, 0.5) is 0 Å². The predicted molar refractivity (Wildman–Crippen MR) is 103 cm³/mol. The van der Waals surface area contributed by atoms with Crippen LogP contribution in [0, 0.1) is 5.92 Å². The normalized spacial score (nSPS) is 19.6. The fourth-order valence-electron chi connectivity index (χ4n) is 4.20. The number of carbonyl (C=O) groups is 2. The standard InChI is InChI=1S/C21H27N3O4/c25-20(16-5-10-24(11-6-16)21(26)17-7-13-27-15-17)22-14-18(19-4-3-12-28-19)23-8-1-2-9-23/h3-4,7,12-13,15-16,18H,1-2,5-6,8-11,14H2,(H,22,25). The van der Waals surface area contributed by atoms with Crippen molar-refractivity contribution in [2.45, 2.75) is 31.7 Å². The first-order valence-electron chi connectivity index (χ1n) is 10.1. The summed E-state index contributed by atoms with van der Waals surface area (Å²) in [5.41, 5.74) is 0.565. The van der Waals surface area contributed by atoms with E-state index in [4.69, 9.17) is 8.83 Å². The molecule has 1 N–H and O–H groups in total. The van der Waals surface area contributed by atoms with E-state index in [0.29, 0.717) is 38.0 Å². The highest BCUT2D eigenvalue weighted by atomic mass is 16.3. The molecule has 2 fully saturated rings. The number of nitrogens with one attached hydrogen (secondary N) is 1. The number of hydrogen-bond acceptors (Lipinski definition) is 5. The quantitative estimate of drug-likeness (QED) is 0.827. The van der Waals surface area contributed by atoms with Crippen LogP contribution in [0.15, 0.2) is 45.8 Å². The average molecular weight is 385 g/mol. The van der Waals surface area contributed by atoms with Crippen LogP contribution in [0.25, 0.3) is 0 Å². The fourth-order valence-corrected chi connectivity index (χ4v) is 4.20. The van der Waals surface area contributed by atoms with E-state index in [1.54, 1.807) is 17.2 Å². The lowest BCUT2D eigenvalue weighted by atomic mass is 9.95. The highest BCUT2D eigenvalue weighted by Crippen LogP contribution is 2.25. The summed E-state index contributed by atoms with van der Waals surface area (Å²) in [6.07, 6.45) is 8.40. The van der Waals surface area contributed by atoms with Crippen molar-refractivity contribution in [2.75, 3.05) is 32.7 Å². The van der Waals surface area contributed by atoms with E-state index < -0.39 is 0 Å². The molecule has 2 amide bonds. The van der Waals surface area contributed by atoms with E-state index in [1.165, 1.54) is 25.4 Å². The first kappa shape index (κ1) is 18.8. The van der Waals surface area contributed by atoms with Crippen LogP contribution in [0.3, 0.4) is 0 Å². The summed E-state index contributed by atoms with van der Waals surface area (Å²) in [5, 5.41) is 3.13. The van der Waals surface area contributed by atoms with Gasteiger partial charge in [0.1, 0.15) is 12.0 Å². The smallest absolute Gasteiger partial charge is 0.257 e. The van der Waals surface area contributed by atoms with Crippen LogP contribution in [0.2, 0.25) is 0 Å². The van der Waals surface area contributed by atoms with Gasteiger partial charge in [0.05, 0.1) is 24.1 Å². The molecule has 7 nitrogen and oxygen atoms in total. The molecule has 1 unspecified atom stereocenters. The van der Waals surface area contributed by atoms with E-state index in [0.717, 1.165) is 18.8 Å². The van der Waals surface area contributed by atoms with Gasteiger partial charge in [-0.05, 0) is 57.0 Å². The maximum Gasteiger partial charge on any atom is 0.257 e. The molecule has 2 aromatic rings. The van der Waals surface area contributed by atoms with Gasteiger partial charge >= 0.3 is 0 Å². The second-order valence-electron chi connectivity index (χ2n) is 7.60. The molecular weight excluding hydrogens is 358 g/mol. The van der Waals surface area contributed by atoms with Crippen molar-refractivity contribution >= 4 is 11.8 Å². The van der Waals surface area contributed by atoms with Crippen LogP contribution in [-0.2, 0) is 4.79 Å². The van der Waals surface area contributed by atoms with Crippen LogP contribution in [0.1, 0.15) is 47.8 Å². The number of amides is 2. The molecule has 0 aromatic carbocycles. The van der Waals surface area contributed by atoms with Crippen molar-refractivity contribution in [2.24, 2.45) is 5.92 Å². The SMILES string of the molecule is O=C(NCC(c1ccco1)N1CCCC1)C1CCN(C(=O)c2ccoc2)CC1. The van der Waals surface area contributed by atoms with E-state index >= 15 is 0 Å². The largest absolute Gasteiger partial charge is 0.472 e. The van der Waals surface area contributed by atoms with E-state index in [2.05, 4.69) is 10.2 Å². The molecule has 0 bridgehead atoms. The van der Waals surface area contributed by atoms with Gasteiger partial charge in [-0.25, -0.2) is 0 Å². The van der Waals surface area contributed by atoms with Gasteiger partial charge < -0.3 is 19.1 Å². The minimum atomic E-state index is -0.0516. The summed E-state index contributed by atoms with van der Waals surface area (Å²) in [7, 11) is 0. The number of carbonyl (C=O) groups excluding carboxylic acids is 2. The van der Waals surface area contributed by atoms with Crippen molar-refractivity contribution in [3.05, 3.63) is 48.3 Å². The van der Waals surface area contributed by atoms with Crippen LogP contribution >= 0.6 is 0 Å². The Morgan fingerprint density at radius 1 is 1.11 bits per heavy atom. The predicted octanol–water partition coefficient (Wildman–Crippen LogP) is 2.68. The molecule has 4 heterocycles. The van der Waals surface area contributed by atoms with Gasteiger partial charge in [0.15, 0.2) is 0 Å². The topological polar surface area (TPSA) is 78.9 Å². The summed E-state index contributed by atoms with van der Waals surface area (Å²) >= 11 is 0. The maximum absolute atomic E-state index is 12.7. The van der Waals surface area contributed by atoms with Crippen molar-refractivity contribution in [1.82, 2.24) is 15.1 Å². The van der Waals surface area contributed by atoms with E-state index in [-0.39, 0.29) is 23.8 Å².